The van der Waals surface area contributed by atoms with Crippen molar-refractivity contribution in [1.82, 2.24) is 4.98 Å². The van der Waals surface area contributed by atoms with E-state index in [-0.39, 0.29) is 5.02 Å². The second-order valence-electron chi connectivity index (χ2n) is 5.02. The van der Waals surface area contributed by atoms with Gasteiger partial charge in [0.2, 0.25) is 0 Å². The first-order valence-corrected chi connectivity index (χ1v) is 7.36. The van der Waals surface area contributed by atoms with Crippen LogP contribution in [0.3, 0.4) is 0 Å². The third-order valence-electron chi connectivity index (χ3n) is 3.56. The van der Waals surface area contributed by atoms with Gasteiger partial charge in [-0.1, -0.05) is 29.8 Å². The molecule has 3 nitrogen and oxygen atoms in total. The van der Waals surface area contributed by atoms with E-state index in [1.165, 1.54) is 12.7 Å². The summed E-state index contributed by atoms with van der Waals surface area (Å²) in [6, 6.07) is 3.37. The molecular formula is C17H15ClFNO2. The maximum Gasteiger partial charge on any atom is 0.163 e. The van der Waals surface area contributed by atoms with E-state index in [4.69, 9.17) is 21.1 Å². The number of nitrogens with zero attached hydrogens (tertiary/aromatic N) is 1. The Labute approximate surface area is 133 Å². The van der Waals surface area contributed by atoms with E-state index in [1.807, 2.05) is 6.08 Å². The molecule has 1 aromatic heterocycles. The number of ether oxygens (including phenoxy) is 2. The van der Waals surface area contributed by atoms with Crippen LogP contribution < -0.4 is 9.47 Å². The summed E-state index contributed by atoms with van der Waals surface area (Å²) in [6.07, 6.45) is 9.34. The highest BCUT2D eigenvalue weighted by Crippen LogP contribution is 2.35. The van der Waals surface area contributed by atoms with Crippen molar-refractivity contribution in [3.05, 3.63) is 53.0 Å². The zero-order valence-corrected chi connectivity index (χ0v) is 12.9. The first-order chi connectivity index (χ1) is 10.7. The minimum absolute atomic E-state index is 0.0370. The van der Waals surface area contributed by atoms with Gasteiger partial charge in [0.1, 0.15) is 6.61 Å². The van der Waals surface area contributed by atoms with Crippen LogP contribution in [0.2, 0.25) is 5.02 Å². The predicted octanol–water partition coefficient (Wildman–Crippen LogP) is 4.69. The summed E-state index contributed by atoms with van der Waals surface area (Å²) in [5, 5.41) is 0.542. The molecule has 0 aliphatic heterocycles. The molecule has 0 unspecified atom stereocenters. The van der Waals surface area contributed by atoms with E-state index in [0.717, 1.165) is 19.0 Å². The van der Waals surface area contributed by atoms with E-state index in [2.05, 4.69) is 17.1 Å². The van der Waals surface area contributed by atoms with Gasteiger partial charge in [-0.2, -0.15) is 0 Å². The summed E-state index contributed by atoms with van der Waals surface area (Å²) in [4.78, 5) is 4.05. The van der Waals surface area contributed by atoms with Crippen LogP contribution in [0.1, 0.15) is 12.8 Å². The fourth-order valence-corrected chi connectivity index (χ4v) is 2.56. The smallest absolute Gasteiger partial charge is 0.163 e. The summed E-state index contributed by atoms with van der Waals surface area (Å²) >= 11 is 5.98. The third-order valence-corrected chi connectivity index (χ3v) is 3.94. The molecule has 1 aliphatic carbocycles. The molecule has 1 heterocycles. The highest BCUT2D eigenvalue weighted by molar-refractivity contribution is 6.35. The van der Waals surface area contributed by atoms with Gasteiger partial charge in [0, 0.05) is 11.5 Å². The largest absolute Gasteiger partial charge is 0.493 e. The molecule has 114 valence electrons. The summed E-state index contributed by atoms with van der Waals surface area (Å²) in [7, 11) is 1.54. The van der Waals surface area contributed by atoms with Crippen LogP contribution in [0.5, 0.6) is 11.5 Å². The molecule has 5 heteroatoms. The molecule has 0 saturated heterocycles. The van der Waals surface area contributed by atoms with E-state index < -0.39 is 5.82 Å². The van der Waals surface area contributed by atoms with Gasteiger partial charge in [-0.05, 0) is 24.5 Å². The number of hydrogen-bond acceptors (Lipinski definition) is 3. The zero-order chi connectivity index (χ0) is 15.5. The molecule has 2 aromatic rings. The van der Waals surface area contributed by atoms with Gasteiger partial charge in [-0.3, -0.25) is 4.98 Å². The Kier molecular flexibility index (Phi) is 4.29. The lowest BCUT2D eigenvalue weighted by Gasteiger charge is -2.14. The Hall–Kier alpha value is -2.07. The van der Waals surface area contributed by atoms with Crippen molar-refractivity contribution in [2.75, 3.05) is 13.7 Å². The summed E-state index contributed by atoms with van der Waals surface area (Å²) in [6.45, 7) is 0.487. The highest BCUT2D eigenvalue weighted by atomic mass is 35.5. The number of rotatable bonds is 4. The van der Waals surface area contributed by atoms with Gasteiger partial charge in [0.15, 0.2) is 17.3 Å². The lowest BCUT2D eigenvalue weighted by molar-refractivity contribution is 0.317. The number of aromatic nitrogens is 1. The highest BCUT2D eigenvalue weighted by Gasteiger charge is 2.13. The van der Waals surface area contributed by atoms with Crippen molar-refractivity contribution in [2.24, 2.45) is 0 Å². The number of methoxy groups -OCH3 is 1. The van der Waals surface area contributed by atoms with Crippen LogP contribution >= 0.6 is 11.6 Å². The normalized spacial score (nSPS) is 14.0. The molecule has 0 saturated carbocycles. The number of hydrogen-bond donors (Lipinski definition) is 0. The fourth-order valence-electron chi connectivity index (χ4n) is 2.36. The second kappa shape index (κ2) is 6.36. The van der Waals surface area contributed by atoms with Crippen molar-refractivity contribution in [2.45, 2.75) is 12.8 Å². The van der Waals surface area contributed by atoms with Crippen molar-refractivity contribution < 1.29 is 13.9 Å². The van der Waals surface area contributed by atoms with Crippen LogP contribution in [0.4, 0.5) is 4.39 Å². The molecule has 0 amide bonds. The molecule has 0 N–H and O–H groups in total. The van der Waals surface area contributed by atoms with Crippen molar-refractivity contribution >= 4 is 22.5 Å². The van der Waals surface area contributed by atoms with Gasteiger partial charge in [0.05, 0.1) is 23.8 Å². The molecule has 0 radical (unpaired) electrons. The van der Waals surface area contributed by atoms with Crippen LogP contribution in [0.15, 0.2) is 42.1 Å². The Balaban J connectivity index is 1.93. The van der Waals surface area contributed by atoms with Crippen molar-refractivity contribution in [3.8, 4) is 11.5 Å². The van der Waals surface area contributed by atoms with Crippen LogP contribution in [0, 0.1) is 5.82 Å². The van der Waals surface area contributed by atoms with Gasteiger partial charge >= 0.3 is 0 Å². The number of fused-ring (bicyclic) bond motifs is 1. The quantitative estimate of drug-likeness (QED) is 0.819. The maximum atomic E-state index is 13.5. The van der Waals surface area contributed by atoms with Gasteiger partial charge in [-0.15, -0.1) is 0 Å². The Morgan fingerprint density at radius 2 is 2.18 bits per heavy atom. The first kappa shape index (κ1) is 14.9. The number of benzene rings is 1. The Bertz CT molecular complexity index is 771. The lowest BCUT2D eigenvalue weighted by Crippen LogP contribution is -2.04. The minimum atomic E-state index is -0.552. The average Bonchev–Trinajstić information content (AvgIpc) is 2.57. The standard InChI is InChI=1S/C17H15ClFNO2/c1-21-15-7-12-14(20-9-13(19)17(12)18)8-16(15)22-10-11-5-3-2-4-6-11/h2-3,5,7-9H,4,6,10H2,1H3. The van der Waals surface area contributed by atoms with Gasteiger partial charge in [0.25, 0.3) is 0 Å². The van der Waals surface area contributed by atoms with Crippen LogP contribution in [-0.2, 0) is 0 Å². The van der Waals surface area contributed by atoms with Gasteiger partial charge < -0.3 is 9.47 Å². The Morgan fingerprint density at radius 1 is 1.32 bits per heavy atom. The molecular weight excluding hydrogens is 305 g/mol. The molecule has 0 fully saturated rings. The molecule has 22 heavy (non-hydrogen) atoms. The number of halogens is 2. The fraction of sp³-hybridized carbons (Fsp3) is 0.235. The van der Waals surface area contributed by atoms with E-state index in [1.54, 1.807) is 12.1 Å². The topological polar surface area (TPSA) is 31.4 Å². The molecule has 1 aromatic carbocycles. The summed E-state index contributed by atoms with van der Waals surface area (Å²) in [5.41, 5.74) is 1.79. The van der Waals surface area contributed by atoms with Crippen LogP contribution in [0.25, 0.3) is 10.9 Å². The van der Waals surface area contributed by atoms with Crippen molar-refractivity contribution in [1.29, 1.82) is 0 Å². The monoisotopic (exact) mass is 319 g/mol. The first-order valence-electron chi connectivity index (χ1n) is 6.98. The third kappa shape index (κ3) is 2.92. The molecule has 0 atom stereocenters. The van der Waals surface area contributed by atoms with Crippen molar-refractivity contribution in [3.63, 3.8) is 0 Å². The second-order valence-corrected chi connectivity index (χ2v) is 5.40. The molecule has 0 spiro atoms. The average molecular weight is 320 g/mol. The van der Waals surface area contributed by atoms with Gasteiger partial charge in [-0.25, -0.2) is 4.39 Å². The number of pyridine rings is 1. The lowest BCUT2D eigenvalue weighted by atomic mass is 10.1. The molecule has 1 aliphatic rings. The Morgan fingerprint density at radius 3 is 2.91 bits per heavy atom. The molecule has 3 rings (SSSR count). The van der Waals surface area contributed by atoms with Crippen LogP contribution in [-0.4, -0.2) is 18.7 Å². The summed E-state index contributed by atoms with van der Waals surface area (Å²) < 4.78 is 24.7. The SMILES string of the molecule is COc1cc2c(Cl)c(F)cnc2cc1OCC1=CC=CCC1. The van der Waals surface area contributed by atoms with E-state index in [9.17, 15) is 4.39 Å². The van der Waals surface area contributed by atoms with E-state index in [0.29, 0.717) is 29.0 Å². The predicted molar refractivity (Wildman–Crippen MR) is 85.2 cm³/mol. The number of allylic oxidation sites excluding steroid dienone is 3. The summed E-state index contributed by atoms with van der Waals surface area (Å²) in [5.74, 6) is 0.526. The minimum Gasteiger partial charge on any atom is -0.493 e. The maximum absolute atomic E-state index is 13.5. The zero-order valence-electron chi connectivity index (χ0n) is 12.1. The van der Waals surface area contributed by atoms with E-state index >= 15 is 0 Å². The molecule has 0 bridgehead atoms.